The van der Waals surface area contributed by atoms with Crippen LogP contribution in [0.4, 0.5) is 13.2 Å². The second-order valence-electron chi connectivity index (χ2n) is 5.30. The molecule has 1 fully saturated rings. The van der Waals surface area contributed by atoms with Gasteiger partial charge in [0, 0.05) is 27.3 Å². The van der Waals surface area contributed by atoms with Crippen LogP contribution in [0, 0.1) is 5.92 Å². The molecule has 20 heavy (non-hydrogen) atoms. The van der Waals surface area contributed by atoms with Crippen molar-refractivity contribution in [2.45, 2.75) is 25.6 Å². The molecule has 0 aliphatic carbocycles. The monoisotopic (exact) mass is 370 g/mol. The largest absolute Gasteiger partial charge is 0.401 e. The molecule has 2 unspecified atom stereocenters. The average molecular weight is 371 g/mol. The number of nitrogens with one attached hydrogen (secondary N) is 1. The number of halogens is 4. The number of nitrogens with zero attached hydrogens (tertiary/aromatic N) is 1. The molecule has 0 bridgehead atoms. The first-order valence-electron chi connectivity index (χ1n) is 6.60. The summed E-state index contributed by atoms with van der Waals surface area (Å²) in [6, 6.07) is 2.32. The van der Waals surface area contributed by atoms with Crippen molar-refractivity contribution in [3.05, 3.63) is 20.8 Å². The smallest absolute Gasteiger partial charge is 0.309 e. The lowest BCUT2D eigenvalue weighted by Gasteiger charge is -2.19. The molecule has 2 rings (SSSR count). The Bertz CT molecular complexity index is 435. The first-order valence-corrected chi connectivity index (χ1v) is 8.27. The quantitative estimate of drug-likeness (QED) is 0.840. The van der Waals surface area contributed by atoms with Crippen molar-refractivity contribution in [3.63, 3.8) is 0 Å². The van der Waals surface area contributed by atoms with Gasteiger partial charge in [-0.2, -0.15) is 13.2 Å². The van der Waals surface area contributed by atoms with Gasteiger partial charge in [-0.15, -0.1) is 11.3 Å². The Labute approximate surface area is 129 Å². The fourth-order valence-electron chi connectivity index (χ4n) is 2.48. The molecule has 2 heterocycles. The van der Waals surface area contributed by atoms with Gasteiger partial charge >= 0.3 is 6.18 Å². The van der Waals surface area contributed by atoms with Crippen molar-refractivity contribution in [1.29, 1.82) is 0 Å². The van der Waals surface area contributed by atoms with E-state index in [1.807, 2.05) is 5.38 Å². The zero-order valence-electron chi connectivity index (χ0n) is 11.2. The summed E-state index contributed by atoms with van der Waals surface area (Å²) >= 11 is 5.10. The molecule has 0 saturated carbocycles. The molecular weight excluding hydrogens is 353 g/mol. The number of thiophene rings is 1. The van der Waals surface area contributed by atoms with Crippen LogP contribution in [-0.4, -0.2) is 37.3 Å². The number of hydrogen-bond donors (Lipinski definition) is 1. The van der Waals surface area contributed by atoms with Gasteiger partial charge in [-0.1, -0.05) is 0 Å². The van der Waals surface area contributed by atoms with Crippen molar-refractivity contribution in [1.82, 2.24) is 10.2 Å². The highest BCUT2D eigenvalue weighted by Gasteiger charge is 2.34. The molecule has 2 nitrogen and oxygen atoms in total. The van der Waals surface area contributed by atoms with Crippen LogP contribution in [0.15, 0.2) is 15.9 Å². The lowest BCUT2D eigenvalue weighted by atomic mass is 10.1. The van der Waals surface area contributed by atoms with Crippen LogP contribution in [0.1, 0.15) is 24.3 Å². The first kappa shape index (κ1) is 16.3. The molecular formula is C13H18BrF3N2S. The second kappa shape index (κ2) is 6.77. The highest BCUT2D eigenvalue weighted by molar-refractivity contribution is 9.10. The number of hydrogen-bond acceptors (Lipinski definition) is 3. The topological polar surface area (TPSA) is 15.3 Å². The molecule has 1 saturated heterocycles. The fourth-order valence-corrected chi connectivity index (χ4v) is 3.95. The lowest BCUT2D eigenvalue weighted by molar-refractivity contribution is -0.143. The minimum absolute atomic E-state index is 0.239. The van der Waals surface area contributed by atoms with Gasteiger partial charge in [-0.25, -0.2) is 0 Å². The van der Waals surface area contributed by atoms with Crippen molar-refractivity contribution in [3.8, 4) is 0 Å². The molecule has 0 amide bonds. The number of likely N-dealkylation sites (tertiary alicyclic amines) is 1. The highest BCUT2D eigenvalue weighted by atomic mass is 79.9. The molecule has 1 aromatic rings. The van der Waals surface area contributed by atoms with Gasteiger partial charge in [0.2, 0.25) is 0 Å². The fraction of sp³-hybridized carbons (Fsp3) is 0.692. The minimum atomic E-state index is -4.08. The van der Waals surface area contributed by atoms with E-state index in [-0.39, 0.29) is 6.04 Å². The Morgan fingerprint density at radius 3 is 2.90 bits per heavy atom. The Balaban J connectivity index is 1.73. The van der Waals surface area contributed by atoms with Crippen LogP contribution in [0.2, 0.25) is 0 Å². The van der Waals surface area contributed by atoms with E-state index in [0.29, 0.717) is 19.0 Å². The predicted octanol–water partition coefficient (Wildman–Crippen LogP) is 4.05. The third kappa shape index (κ3) is 5.02. The molecule has 1 N–H and O–H groups in total. The first-order chi connectivity index (χ1) is 9.33. The molecule has 0 radical (unpaired) electrons. The van der Waals surface area contributed by atoms with Crippen LogP contribution in [0.5, 0.6) is 0 Å². The number of rotatable bonds is 5. The van der Waals surface area contributed by atoms with Gasteiger partial charge in [0.05, 0.1) is 6.54 Å². The van der Waals surface area contributed by atoms with Crippen molar-refractivity contribution < 1.29 is 13.2 Å². The molecule has 1 aliphatic heterocycles. The van der Waals surface area contributed by atoms with E-state index in [2.05, 4.69) is 34.2 Å². The third-order valence-electron chi connectivity index (χ3n) is 3.50. The van der Waals surface area contributed by atoms with Crippen LogP contribution in [0.25, 0.3) is 0 Å². The summed E-state index contributed by atoms with van der Waals surface area (Å²) < 4.78 is 38.0. The molecule has 0 aromatic carbocycles. The SMILES string of the molecule is CC(NCC1CCN(CC(F)(F)F)C1)c1cc(Br)cs1. The van der Waals surface area contributed by atoms with E-state index in [1.54, 1.807) is 11.3 Å². The van der Waals surface area contributed by atoms with E-state index >= 15 is 0 Å². The summed E-state index contributed by atoms with van der Waals surface area (Å²) in [7, 11) is 0. The van der Waals surface area contributed by atoms with Crippen molar-refractivity contribution in [2.75, 3.05) is 26.2 Å². The summed E-state index contributed by atoms with van der Waals surface area (Å²) in [6.45, 7) is 3.15. The van der Waals surface area contributed by atoms with Gasteiger partial charge in [0.15, 0.2) is 0 Å². The zero-order valence-corrected chi connectivity index (χ0v) is 13.6. The molecule has 0 spiro atoms. The van der Waals surface area contributed by atoms with Gasteiger partial charge < -0.3 is 5.32 Å². The zero-order chi connectivity index (χ0) is 14.8. The van der Waals surface area contributed by atoms with Crippen LogP contribution in [-0.2, 0) is 0 Å². The minimum Gasteiger partial charge on any atom is -0.309 e. The summed E-state index contributed by atoms with van der Waals surface area (Å²) in [5.74, 6) is 0.309. The maximum Gasteiger partial charge on any atom is 0.401 e. The summed E-state index contributed by atoms with van der Waals surface area (Å²) in [4.78, 5) is 2.74. The van der Waals surface area contributed by atoms with Gasteiger partial charge in [-0.05, 0) is 54.3 Å². The maximum atomic E-state index is 12.3. The Morgan fingerprint density at radius 1 is 1.55 bits per heavy atom. The van der Waals surface area contributed by atoms with Crippen LogP contribution in [0.3, 0.4) is 0 Å². The van der Waals surface area contributed by atoms with Gasteiger partial charge in [0.25, 0.3) is 0 Å². The highest BCUT2D eigenvalue weighted by Crippen LogP contribution is 2.26. The van der Waals surface area contributed by atoms with E-state index in [9.17, 15) is 13.2 Å². The normalized spacial score (nSPS) is 22.4. The van der Waals surface area contributed by atoms with E-state index < -0.39 is 12.7 Å². The average Bonchev–Trinajstić information content (AvgIpc) is 2.93. The third-order valence-corrected chi connectivity index (χ3v) is 5.38. The van der Waals surface area contributed by atoms with Gasteiger partial charge in [0.1, 0.15) is 0 Å². The standard InChI is InChI=1S/C13H18BrF3N2S/c1-9(12-4-11(14)7-20-12)18-5-10-2-3-19(6-10)8-13(15,16)17/h4,7,9-10,18H,2-3,5-6,8H2,1H3. The molecule has 7 heteroatoms. The molecule has 1 aliphatic rings. The molecule has 114 valence electrons. The Kier molecular flexibility index (Phi) is 5.50. The van der Waals surface area contributed by atoms with Gasteiger partial charge in [-0.3, -0.25) is 4.90 Å². The summed E-state index contributed by atoms with van der Waals surface area (Å²) in [5, 5.41) is 5.46. The predicted molar refractivity (Wildman–Crippen MR) is 79.0 cm³/mol. The molecule has 2 atom stereocenters. The van der Waals surface area contributed by atoms with Crippen molar-refractivity contribution in [2.24, 2.45) is 5.92 Å². The van der Waals surface area contributed by atoms with E-state index in [0.717, 1.165) is 17.4 Å². The lowest BCUT2D eigenvalue weighted by Crippen LogP contribution is -2.34. The Morgan fingerprint density at radius 2 is 2.30 bits per heavy atom. The van der Waals surface area contributed by atoms with Crippen molar-refractivity contribution >= 4 is 27.3 Å². The van der Waals surface area contributed by atoms with E-state index in [1.165, 1.54) is 9.78 Å². The number of alkyl halides is 3. The summed E-state index contributed by atoms with van der Waals surface area (Å²) in [6.07, 6.45) is -3.25. The van der Waals surface area contributed by atoms with Crippen LogP contribution >= 0.6 is 27.3 Å². The van der Waals surface area contributed by atoms with Crippen LogP contribution < -0.4 is 5.32 Å². The molecule has 1 aromatic heterocycles. The Hall–Kier alpha value is -0.110. The second-order valence-corrected chi connectivity index (χ2v) is 7.16. The van der Waals surface area contributed by atoms with E-state index in [4.69, 9.17) is 0 Å². The maximum absolute atomic E-state index is 12.3. The summed E-state index contributed by atoms with van der Waals surface area (Å²) in [5.41, 5.74) is 0.